The maximum Gasteiger partial charge on any atom is 0.224 e. The Morgan fingerprint density at radius 1 is 1.39 bits per heavy atom. The molecule has 0 spiro atoms. The highest BCUT2D eigenvalue weighted by Crippen LogP contribution is 2.17. The molecule has 0 aromatic carbocycles. The van der Waals surface area contributed by atoms with Gasteiger partial charge in [-0.05, 0) is 38.3 Å². The third-order valence-electron chi connectivity index (χ3n) is 4.12. The molecule has 1 atom stereocenters. The molecule has 1 fully saturated rings. The van der Waals surface area contributed by atoms with Crippen LogP contribution in [0.15, 0.2) is 18.3 Å². The number of nitrogens with zero attached hydrogens (tertiary/aromatic N) is 2. The first-order valence-corrected chi connectivity index (χ1v) is 8.32. The highest BCUT2D eigenvalue weighted by molar-refractivity contribution is 5.83. The fourth-order valence-electron chi connectivity index (χ4n) is 2.67. The summed E-state index contributed by atoms with van der Waals surface area (Å²) in [5.74, 6) is 1.00. The lowest BCUT2D eigenvalue weighted by atomic mass is 9.96. The van der Waals surface area contributed by atoms with Crippen LogP contribution in [0.2, 0.25) is 0 Å². The SMILES string of the molecule is CCN1C[C@@H](C(=O)NCCCNc2ccc(C)cn2)CCC1=O. The quantitative estimate of drug-likeness (QED) is 0.748. The van der Waals surface area contributed by atoms with E-state index >= 15 is 0 Å². The molecular formula is C17H26N4O2. The molecule has 6 heteroatoms. The molecule has 2 heterocycles. The largest absolute Gasteiger partial charge is 0.370 e. The fraction of sp³-hybridized carbons (Fsp3) is 0.588. The molecule has 0 radical (unpaired) electrons. The van der Waals surface area contributed by atoms with Gasteiger partial charge in [-0.15, -0.1) is 0 Å². The van der Waals surface area contributed by atoms with E-state index in [4.69, 9.17) is 0 Å². The van der Waals surface area contributed by atoms with E-state index in [1.807, 2.05) is 32.2 Å². The molecule has 2 amide bonds. The van der Waals surface area contributed by atoms with E-state index in [9.17, 15) is 9.59 Å². The van der Waals surface area contributed by atoms with Crippen LogP contribution in [0, 0.1) is 12.8 Å². The van der Waals surface area contributed by atoms with Crippen molar-refractivity contribution in [1.82, 2.24) is 15.2 Å². The Kier molecular flexibility index (Phi) is 6.38. The van der Waals surface area contributed by atoms with Crippen LogP contribution in [0.25, 0.3) is 0 Å². The third kappa shape index (κ3) is 5.23. The Labute approximate surface area is 137 Å². The molecule has 1 aliphatic rings. The standard InChI is InChI=1S/C17H26N4O2/c1-3-21-12-14(6-8-16(21)22)17(23)19-10-4-9-18-15-7-5-13(2)11-20-15/h5,7,11,14H,3-4,6,8-10,12H2,1-2H3,(H,18,20)(H,19,23)/t14-/m0/s1. The van der Waals surface area contributed by atoms with Gasteiger partial charge >= 0.3 is 0 Å². The van der Waals surface area contributed by atoms with Crippen LogP contribution in [-0.4, -0.2) is 47.9 Å². The van der Waals surface area contributed by atoms with Crippen molar-refractivity contribution in [1.29, 1.82) is 0 Å². The van der Waals surface area contributed by atoms with E-state index in [0.29, 0.717) is 32.5 Å². The first-order valence-electron chi connectivity index (χ1n) is 8.32. The summed E-state index contributed by atoms with van der Waals surface area (Å²) in [6.07, 6.45) is 3.80. The number of piperidine rings is 1. The van der Waals surface area contributed by atoms with Crippen LogP contribution in [0.5, 0.6) is 0 Å². The average molecular weight is 318 g/mol. The van der Waals surface area contributed by atoms with E-state index in [1.165, 1.54) is 0 Å². The van der Waals surface area contributed by atoms with Gasteiger partial charge in [-0.2, -0.15) is 0 Å². The Balaban J connectivity index is 1.63. The van der Waals surface area contributed by atoms with Crippen molar-refractivity contribution in [3.05, 3.63) is 23.9 Å². The number of nitrogens with one attached hydrogen (secondary N) is 2. The van der Waals surface area contributed by atoms with Crippen LogP contribution in [0.3, 0.4) is 0 Å². The van der Waals surface area contributed by atoms with E-state index in [2.05, 4.69) is 15.6 Å². The second-order valence-corrected chi connectivity index (χ2v) is 5.96. The Morgan fingerprint density at radius 2 is 2.22 bits per heavy atom. The normalized spacial score (nSPS) is 17.9. The minimum absolute atomic E-state index is 0.0596. The zero-order valence-corrected chi connectivity index (χ0v) is 14.0. The second-order valence-electron chi connectivity index (χ2n) is 5.96. The van der Waals surface area contributed by atoms with Gasteiger partial charge in [-0.1, -0.05) is 6.07 Å². The van der Waals surface area contributed by atoms with Crippen LogP contribution < -0.4 is 10.6 Å². The summed E-state index contributed by atoms with van der Waals surface area (Å²) in [7, 11) is 0. The van der Waals surface area contributed by atoms with Crippen molar-refractivity contribution < 1.29 is 9.59 Å². The molecule has 23 heavy (non-hydrogen) atoms. The molecule has 2 N–H and O–H groups in total. The van der Waals surface area contributed by atoms with Crippen molar-refractivity contribution in [2.75, 3.05) is 31.5 Å². The van der Waals surface area contributed by atoms with Gasteiger partial charge in [0.05, 0.1) is 5.92 Å². The number of hydrogen-bond donors (Lipinski definition) is 2. The molecule has 2 rings (SSSR count). The Morgan fingerprint density at radius 3 is 2.91 bits per heavy atom. The van der Waals surface area contributed by atoms with E-state index in [0.717, 1.165) is 24.3 Å². The van der Waals surface area contributed by atoms with E-state index in [-0.39, 0.29) is 17.7 Å². The molecule has 0 bridgehead atoms. The Bertz CT molecular complexity index is 530. The molecule has 1 aliphatic heterocycles. The van der Waals surface area contributed by atoms with Crippen LogP contribution in [0.4, 0.5) is 5.82 Å². The zero-order valence-electron chi connectivity index (χ0n) is 14.0. The summed E-state index contributed by atoms with van der Waals surface area (Å²) in [4.78, 5) is 29.8. The van der Waals surface area contributed by atoms with Crippen molar-refractivity contribution in [2.24, 2.45) is 5.92 Å². The van der Waals surface area contributed by atoms with E-state index < -0.39 is 0 Å². The molecule has 0 aliphatic carbocycles. The molecule has 0 unspecified atom stereocenters. The van der Waals surface area contributed by atoms with Crippen molar-refractivity contribution in [3.8, 4) is 0 Å². The fourth-order valence-corrected chi connectivity index (χ4v) is 2.67. The van der Waals surface area contributed by atoms with Crippen LogP contribution in [0.1, 0.15) is 31.7 Å². The van der Waals surface area contributed by atoms with Crippen LogP contribution >= 0.6 is 0 Å². The number of carbonyl (C=O) groups is 2. The number of aromatic nitrogens is 1. The highest BCUT2D eigenvalue weighted by atomic mass is 16.2. The first-order chi connectivity index (χ1) is 11.1. The van der Waals surface area contributed by atoms with Gasteiger partial charge in [0, 0.05) is 38.8 Å². The zero-order chi connectivity index (χ0) is 16.7. The maximum atomic E-state index is 12.2. The van der Waals surface area contributed by atoms with Crippen molar-refractivity contribution in [3.63, 3.8) is 0 Å². The third-order valence-corrected chi connectivity index (χ3v) is 4.12. The van der Waals surface area contributed by atoms with E-state index in [1.54, 1.807) is 4.90 Å². The molecule has 1 aromatic rings. The van der Waals surface area contributed by atoms with Gasteiger partial charge < -0.3 is 15.5 Å². The summed E-state index contributed by atoms with van der Waals surface area (Å²) in [5.41, 5.74) is 1.13. The van der Waals surface area contributed by atoms with Gasteiger partial charge in [0.2, 0.25) is 11.8 Å². The molecule has 126 valence electrons. The van der Waals surface area contributed by atoms with Gasteiger partial charge in [0.25, 0.3) is 0 Å². The topological polar surface area (TPSA) is 74.3 Å². The summed E-state index contributed by atoms with van der Waals surface area (Å²) in [5, 5.41) is 6.20. The van der Waals surface area contributed by atoms with Crippen molar-refractivity contribution >= 4 is 17.6 Å². The van der Waals surface area contributed by atoms with Gasteiger partial charge in [-0.3, -0.25) is 9.59 Å². The number of carbonyl (C=O) groups excluding carboxylic acids is 2. The molecule has 1 saturated heterocycles. The predicted octanol–water partition coefficient (Wildman–Crippen LogP) is 1.57. The lowest BCUT2D eigenvalue weighted by molar-refractivity contribution is -0.138. The molecule has 6 nitrogen and oxygen atoms in total. The number of likely N-dealkylation sites (tertiary alicyclic amines) is 1. The summed E-state index contributed by atoms with van der Waals surface area (Å²) >= 11 is 0. The summed E-state index contributed by atoms with van der Waals surface area (Å²) in [6, 6.07) is 3.97. The van der Waals surface area contributed by atoms with Crippen molar-refractivity contribution in [2.45, 2.75) is 33.1 Å². The van der Waals surface area contributed by atoms with Gasteiger partial charge in [-0.25, -0.2) is 4.98 Å². The molecular weight excluding hydrogens is 292 g/mol. The molecule has 0 saturated carbocycles. The number of rotatable bonds is 7. The minimum Gasteiger partial charge on any atom is -0.370 e. The second kappa shape index (κ2) is 8.50. The number of aryl methyl sites for hydroxylation is 1. The number of pyridine rings is 1. The lowest BCUT2D eigenvalue weighted by Crippen LogP contribution is -2.45. The van der Waals surface area contributed by atoms with Crippen LogP contribution in [-0.2, 0) is 9.59 Å². The predicted molar refractivity (Wildman–Crippen MR) is 90.1 cm³/mol. The number of hydrogen-bond acceptors (Lipinski definition) is 4. The monoisotopic (exact) mass is 318 g/mol. The maximum absolute atomic E-state index is 12.2. The average Bonchev–Trinajstić information content (AvgIpc) is 2.56. The lowest BCUT2D eigenvalue weighted by Gasteiger charge is -2.31. The van der Waals surface area contributed by atoms with Gasteiger partial charge in [0.15, 0.2) is 0 Å². The highest BCUT2D eigenvalue weighted by Gasteiger charge is 2.28. The Hall–Kier alpha value is -2.11. The molecule has 1 aromatic heterocycles. The first kappa shape index (κ1) is 17.2. The number of amides is 2. The number of anilines is 1. The summed E-state index contributed by atoms with van der Waals surface area (Å²) < 4.78 is 0. The summed E-state index contributed by atoms with van der Waals surface area (Å²) in [6.45, 7) is 6.57. The smallest absolute Gasteiger partial charge is 0.224 e. The van der Waals surface area contributed by atoms with Gasteiger partial charge in [0.1, 0.15) is 5.82 Å². The minimum atomic E-state index is -0.0700.